The Morgan fingerprint density at radius 1 is 1.36 bits per heavy atom. The van der Waals surface area contributed by atoms with E-state index in [2.05, 4.69) is 23.4 Å². The van der Waals surface area contributed by atoms with Crippen LogP contribution < -0.4 is 0 Å². The molecule has 1 saturated heterocycles. The molecule has 2 heterocycles. The van der Waals surface area contributed by atoms with Gasteiger partial charge in [0.2, 0.25) is 0 Å². The Morgan fingerprint density at radius 2 is 2.16 bits per heavy atom. The molecule has 0 saturated carbocycles. The lowest BCUT2D eigenvalue weighted by Gasteiger charge is -2.31. The summed E-state index contributed by atoms with van der Waals surface area (Å²) in [4.78, 5) is 31.0. The third kappa shape index (κ3) is 3.52. The largest absolute Gasteiger partial charge is 0.466 e. The lowest BCUT2D eigenvalue weighted by molar-refractivity contribution is -0.149. The zero-order chi connectivity index (χ0) is 18.0. The number of benzene rings is 1. The molecular formula is C19H25N3O3. The van der Waals surface area contributed by atoms with Crippen molar-refractivity contribution < 1.29 is 14.3 Å². The van der Waals surface area contributed by atoms with Crippen molar-refractivity contribution in [1.82, 2.24) is 14.5 Å². The highest BCUT2D eigenvalue weighted by Crippen LogP contribution is 2.23. The summed E-state index contributed by atoms with van der Waals surface area (Å²) < 4.78 is 7.19. The van der Waals surface area contributed by atoms with Gasteiger partial charge >= 0.3 is 5.97 Å². The number of likely N-dealkylation sites (tertiary alicyclic amines) is 1. The fourth-order valence-corrected chi connectivity index (χ4v) is 3.37. The van der Waals surface area contributed by atoms with Crippen LogP contribution in [0.1, 0.15) is 50.0 Å². The number of esters is 1. The predicted molar refractivity (Wildman–Crippen MR) is 95.4 cm³/mol. The standard InChI is InChI=1S/C19H25N3O3/c1-4-25-19(24)15-6-5-9-21(11-15)18(23)14-7-8-17-16(10-14)20-12-22(17)13(2)3/h7-8,10,12-13,15H,4-6,9,11H2,1-3H3. The Bertz CT molecular complexity index is 781. The quantitative estimate of drug-likeness (QED) is 0.801. The molecule has 1 aromatic carbocycles. The molecule has 6 nitrogen and oxygen atoms in total. The number of hydrogen-bond acceptors (Lipinski definition) is 4. The molecular weight excluding hydrogens is 318 g/mol. The molecule has 1 aliphatic heterocycles. The smallest absolute Gasteiger partial charge is 0.310 e. The maximum atomic E-state index is 12.8. The van der Waals surface area contributed by atoms with Gasteiger partial charge in [-0.2, -0.15) is 0 Å². The summed E-state index contributed by atoms with van der Waals surface area (Å²) in [6.07, 6.45) is 3.40. The number of piperidine rings is 1. The normalized spacial score (nSPS) is 17.9. The van der Waals surface area contributed by atoms with E-state index in [4.69, 9.17) is 4.74 Å². The summed E-state index contributed by atoms with van der Waals surface area (Å²) in [7, 11) is 0. The third-order valence-corrected chi connectivity index (χ3v) is 4.71. The number of aromatic nitrogens is 2. The second-order valence-electron chi connectivity index (χ2n) is 6.79. The van der Waals surface area contributed by atoms with Gasteiger partial charge in [-0.25, -0.2) is 4.98 Å². The third-order valence-electron chi connectivity index (χ3n) is 4.71. The monoisotopic (exact) mass is 343 g/mol. The van der Waals surface area contributed by atoms with E-state index in [0.717, 1.165) is 23.9 Å². The molecule has 2 aromatic rings. The summed E-state index contributed by atoms with van der Waals surface area (Å²) >= 11 is 0. The predicted octanol–water partition coefficient (Wildman–Crippen LogP) is 3.03. The average molecular weight is 343 g/mol. The van der Waals surface area contributed by atoms with Crippen molar-refractivity contribution in [2.45, 2.75) is 39.7 Å². The Kier molecular flexibility index (Phi) is 5.06. The lowest BCUT2D eigenvalue weighted by atomic mass is 9.97. The summed E-state index contributed by atoms with van der Waals surface area (Å²) in [5, 5.41) is 0. The first-order chi connectivity index (χ1) is 12.0. The van der Waals surface area contributed by atoms with Crippen LogP contribution in [0, 0.1) is 5.92 Å². The van der Waals surface area contributed by atoms with E-state index in [1.54, 1.807) is 18.2 Å². The van der Waals surface area contributed by atoms with Crippen LogP contribution in [0.3, 0.4) is 0 Å². The number of ether oxygens (including phenoxy) is 1. The first kappa shape index (κ1) is 17.5. The molecule has 0 aliphatic carbocycles. The first-order valence-corrected chi connectivity index (χ1v) is 8.93. The number of carbonyl (C=O) groups is 2. The number of hydrogen-bond donors (Lipinski definition) is 0. The average Bonchev–Trinajstić information content (AvgIpc) is 3.04. The molecule has 0 radical (unpaired) electrons. The van der Waals surface area contributed by atoms with E-state index >= 15 is 0 Å². The number of carbonyl (C=O) groups excluding carboxylic acids is 2. The molecule has 0 N–H and O–H groups in total. The summed E-state index contributed by atoms with van der Waals surface area (Å²) in [6.45, 7) is 7.48. The highest BCUT2D eigenvalue weighted by molar-refractivity contribution is 5.97. The molecule has 1 unspecified atom stereocenters. The molecule has 134 valence electrons. The second-order valence-corrected chi connectivity index (χ2v) is 6.79. The lowest BCUT2D eigenvalue weighted by Crippen LogP contribution is -2.42. The van der Waals surface area contributed by atoms with Gasteiger partial charge in [-0.3, -0.25) is 9.59 Å². The fraction of sp³-hybridized carbons (Fsp3) is 0.526. The van der Waals surface area contributed by atoms with E-state index in [1.165, 1.54) is 0 Å². The molecule has 25 heavy (non-hydrogen) atoms. The van der Waals surface area contributed by atoms with Gasteiger partial charge in [0.15, 0.2) is 0 Å². The van der Waals surface area contributed by atoms with Gasteiger partial charge in [-0.05, 0) is 51.8 Å². The van der Waals surface area contributed by atoms with Gasteiger partial charge in [0.25, 0.3) is 5.91 Å². The Hall–Kier alpha value is -2.37. The molecule has 0 spiro atoms. The van der Waals surface area contributed by atoms with Crippen LogP contribution in [0.15, 0.2) is 24.5 Å². The number of rotatable bonds is 4. The zero-order valence-electron chi connectivity index (χ0n) is 15.1. The van der Waals surface area contributed by atoms with Crippen LogP contribution >= 0.6 is 0 Å². The SMILES string of the molecule is CCOC(=O)C1CCCN(C(=O)c2ccc3c(c2)ncn3C(C)C)C1. The first-order valence-electron chi connectivity index (χ1n) is 8.93. The fourth-order valence-electron chi connectivity index (χ4n) is 3.37. The van der Waals surface area contributed by atoms with Crippen LogP contribution in [0.4, 0.5) is 0 Å². The number of imidazole rings is 1. The van der Waals surface area contributed by atoms with Crippen molar-refractivity contribution in [3.05, 3.63) is 30.1 Å². The van der Waals surface area contributed by atoms with Gasteiger partial charge in [0.1, 0.15) is 0 Å². The molecule has 1 aliphatic rings. The molecule has 1 atom stereocenters. The van der Waals surface area contributed by atoms with Crippen LogP contribution in [0.25, 0.3) is 11.0 Å². The van der Waals surface area contributed by atoms with Crippen molar-refractivity contribution in [1.29, 1.82) is 0 Å². The molecule has 1 aromatic heterocycles. The molecule has 1 fully saturated rings. The molecule has 1 amide bonds. The minimum absolute atomic E-state index is 0.0463. The zero-order valence-corrected chi connectivity index (χ0v) is 15.1. The highest BCUT2D eigenvalue weighted by atomic mass is 16.5. The van der Waals surface area contributed by atoms with Gasteiger partial charge in [0, 0.05) is 24.7 Å². The Labute approximate surface area is 147 Å². The van der Waals surface area contributed by atoms with Gasteiger partial charge in [-0.15, -0.1) is 0 Å². The highest BCUT2D eigenvalue weighted by Gasteiger charge is 2.30. The van der Waals surface area contributed by atoms with E-state index in [1.807, 2.05) is 18.2 Å². The van der Waals surface area contributed by atoms with Gasteiger partial charge in [0.05, 0.1) is 29.9 Å². The van der Waals surface area contributed by atoms with Gasteiger partial charge in [-0.1, -0.05) is 0 Å². The van der Waals surface area contributed by atoms with Gasteiger partial charge < -0.3 is 14.2 Å². The minimum Gasteiger partial charge on any atom is -0.466 e. The Balaban J connectivity index is 1.78. The number of fused-ring (bicyclic) bond motifs is 1. The maximum Gasteiger partial charge on any atom is 0.310 e. The van der Waals surface area contributed by atoms with Crippen LogP contribution in [-0.4, -0.2) is 46.0 Å². The van der Waals surface area contributed by atoms with Crippen molar-refractivity contribution in [2.75, 3.05) is 19.7 Å². The molecule has 0 bridgehead atoms. The summed E-state index contributed by atoms with van der Waals surface area (Å²) in [5.41, 5.74) is 2.46. The van der Waals surface area contributed by atoms with Crippen LogP contribution in [-0.2, 0) is 9.53 Å². The van der Waals surface area contributed by atoms with E-state index in [-0.39, 0.29) is 17.8 Å². The topological polar surface area (TPSA) is 64.4 Å². The summed E-state index contributed by atoms with van der Waals surface area (Å²) in [5.74, 6) is -0.470. The number of amides is 1. The van der Waals surface area contributed by atoms with E-state index in [0.29, 0.717) is 31.3 Å². The molecule has 6 heteroatoms. The van der Waals surface area contributed by atoms with Crippen molar-refractivity contribution in [3.8, 4) is 0 Å². The van der Waals surface area contributed by atoms with E-state index in [9.17, 15) is 9.59 Å². The van der Waals surface area contributed by atoms with Crippen molar-refractivity contribution >= 4 is 22.9 Å². The second kappa shape index (κ2) is 7.25. The Morgan fingerprint density at radius 3 is 2.88 bits per heavy atom. The number of nitrogens with zero attached hydrogens (tertiary/aromatic N) is 3. The minimum atomic E-state index is -0.221. The van der Waals surface area contributed by atoms with E-state index < -0.39 is 0 Å². The molecule has 3 rings (SSSR count). The maximum absolute atomic E-state index is 12.8. The van der Waals surface area contributed by atoms with Crippen LogP contribution in [0.2, 0.25) is 0 Å². The van der Waals surface area contributed by atoms with Crippen molar-refractivity contribution in [3.63, 3.8) is 0 Å². The summed E-state index contributed by atoms with van der Waals surface area (Å²) in [6, 6.07) is 5.95. The van der Waals surface area contributed by atoms with Crippen LogP contribution in [0.5, 0.6) is 0 Å². The van der Waals surface area contributed by atoms with Crippen molar-refractivity contribution in [2.24, 2.45) is 5.92 Å².